The molecule has 0 bridgehead atoms. The van der Waals surface area contributed by atoms with Crippen molar-refractivity contribution >= 4 is 17.3 Å². The van der Waals surface area contributed by atoms with Crippen molar-refractivity contribution in [1.29, 1.82) is 0 Å². The molecule has 1 aromatic heterocycles. The maximum absolute atomic E-state index is 12.2. The van der Waals surface area contributed by atoms with E-state index in [2.05, 4.69) is 10.3 Å². The first kappa shape index (κ1) is 17.9. The van der Waals surface area contributed by atoms with E-state index in [1.165, 1.54) is 30.5 Å². The standard InChI is InChI=1S/C19H15N3O5/c1-26-16-7-2-3-8-17(16)27-18-10-9-14(12-20-18)21-19(23)13-5-4-6-15(11-13)22(24)25/h2-12H,1H3,(H,21,23). The van der Waals surface area contributed by atoms with Crippen molar-refractivity contribution in [3.8, 4) is 17.4 Å². The fourth-order valence-electron chi connectivity index (χ4n) is 2.29. The maximum Gasteiger partial charge on any atom is 0.270 e. The Morgan fingerprint density at radius 2 is 1.85 bits per heavy atom. The van der Waals surface area contributed by atoms with Crippen molar-refractivity contribution in [3.63, 3.8) is 0 Å². The van der Waals surface area contributed by atoms with Crippen LogP contribution >= 0.6 is 0 Å². The van der Waals surface area contributed by atoms with Crippen LogP contribution in [0.1, 0.15) is 10.4 Å². The van der Waals surface area contributed by atoms with E-state index in [1.807, 2.05) is 12.1 Å². The second-order valence-electron chi connectivity index (χ2n) is 5.40. The van der Waals surface area contributed by atoms with Crippen LogP contribution in [0.25, 0.3) is 0 Å². The number of pyridine rings is 1. The molecular formula is C19H15N3O5. The van der Waals surface area contributed by atoms with E-state index in [-0.39, 0.29) is 11.3 Å². The highest BCUT2D eigenvalue weighted by atomic mass is 16.6. The number of amides is 1. The third-order valence-electron chi connectivity index (χ3n) is 3.60. The van der Waals surface area contributed by atoms with E-state index in [0.29, 0.717) is 23.1 Å². The lowest BCUT2D eigenvalue weighted by Gasteiger charge is -2.10. The zero-order valence-electron chi connectivity index (χ0n) is 14.3. The van der Waals surface area contributed by atoms with E-state index in [9.17, 15) is 14.9 Å². The van der Waals surface area contributed by atoms with Gasteiger partial charge in [-0.25, -0.2) is 4.98 Å². The molecule has 1 amide bonds. The third-order valence-corrected chi connectivity index (χ3v) is 3.60. The molecule has 0 aliphatic heterocycles. The summed E-state index contributed by atoms with van der Waals surface area (Å²) in [5.74, 6) is 0.940. The van der Waals surface area contributed by atoms with E-state index >= 15 is 0 Å². The highest BCUT2D eigenvalue weighted by Crippen LogP contribution is 2.30. The fourth-order valence-corrected chi connectivity index (χ4v) is 2.29. The SMILES string of the molecule is COc1ccccc1Oc1ccc(NC(=O)c2cccc([N+](=O)[O-])c2)cn1. The van der Waals surface area contributed by atoms with Crippen LogP contribution in [-0.4, -0.2) is 22.9 Å². The summed E-state index contributed by atoms with van der Waals surface area (Å²) >= 11 is 0. The molecule has 136 valence electrons. The van der Waals surface area contributed by atoms with Gasteiger partial charge in [-0.1, -0.05) is 18.2 Å². The third kappa shape index (κ3) is 4.37. The van der Waals surface area contributed by atoms with Crippen LogP contribution in [0.2, 0.25) is 0 Å². The smallest absolute Gasteiger partial charge is 0.270 e. The summed E-state index contributed by atoms with van der Waals surface area (Å²) in [7, 11) is 1.54. The van der Waals surface area contributed by atoms with Crippen LogP contribution in [-0.2, 0) is 0 Å². The van der Waals surface area contributed by atoms with Gasteiger partial charge in [0.1, 0.15) is 0 Å². The van der Waals surface area contributed by atoms with Crippen LogP contribution in [0.4, 0.5) is 11.4 Å². The summed E-state index contributed by atoms with van der Waals surface area (Å²) in [6.07, 6.45) is 1.43. The van der Waals surface area contributed by atoms with Crippen molar-refractivity contribution < 1.29 is 19.2 Å². The number of hydrogen-bond donors (Lipinski definition) is 1. The molecule has 0 aliphatic rings. The first-order valence-corrected chi connectivity index (χ1v) is 7.89. The Morgan fingerprint density at radius 1 is 1.07 bits per heavy atom. The second-order valence-corrected chi connectivity index (χ2v) is 5.40. The number of carbonyl (C=O) groups is 1. The van der Waals surface area contributed by atoms with Gasteiger partial charge < -0.3 is 14.8 Å². The minimum Gasteiger partial charge on any atom is -0.493 e. The van der Waals surface area contributed by atoms with Gasteiger partial charge in [0.2, 0.25) is 5.88 Å². The van der Waals surface area contributed by atoms with Gasteiger partial charge in [-0.05, 0) is 24.3 Å². The van der Waals surface area contributed by atoms with Crippen LogP contribution in [0.5, 0.6) is 17.4 Å². The number of para-hydroxylation sites is 2. The maximum atomic E-state index is 12.2. The molecule has 0 saturated heterocycles. The lowest BCUT2D eigenvalue weighted by molar-refractivity contribution is -0.384. The van der Waals surface area contributed by atoms with Gasteiger partial charge in [-0.15, -0.1) is 0 Å². The Balaban J connectivity index is 1.69. The second kappa shape index (κ2) is 7.96. The molecule has 0 aliphatic carbocycles. The number of rotatable bonds is 6. The lowest BCUT2D eigenvalue weighted by atomic mass is 10.2. The summed E-state index contributed by atoms with van der Waals surface area (Å²) in [5.41, 5.74) is 0.457. The lowest BCUT2D eigenvalue weighted by Crippen LogP contribution is -2.12. The summed E-state index contributed by atoms with van der Waals surface area (Å²) in [6, 6.07) is 15.8. The van der Waals surface area contributed by atoms with Gasteiger partial charge in [0.05, 0.1) is 23.9 Å². The molecule has 0 unspecified atom stereocenters. The molecule has 0 spiro atoms. The number of carbonyl (C=O) groups excluding carboxylic acids is 1. The summed E-state index contributed by atoms with van der Waals surface area (Å²) < 4.78 is 10.9. The molecule has 0 fully saturated rings. The zero-order chi connectivity index (χ0) is 19.2. The molecule has 2 aromatic carbocycles. The monoisotopic (exact) mass is 365 g/mol. The Bertz CT molecular complexity index is 973. The molecule has 8 nitrogen and oxygen atoms in total. The largest absolute Gasteiger partial charge is 0.493 e. The number of nitro benzene ring substituents is 1. The van der Waals surface area contributed by atoms with Gasteiger partial charge in [0, 0.05) is 23.8 Å². The normalized spacial score (nSPS) is 10.1. The summed E-state index contributed by atoms with van der Waals surface area (Å²) in [5, 5.41) is 13.4. The van der Waals surface area contributed by atoms with Crippen molar-refractivity contribution in [1.82, 2.24) is 4.98 Å². The van der Waals surface area contributed by atoms with Crippen molar-refractivity contribution in [3.05, 3.63) is 82.5 Å². The number of ether oxygens (including phenoxy) is 2. The number of hydrogen-bond acceptors (Lipinski definition) is 6. The first-order valence-electron chi connectivity index (χ1n) is 7.89. The van der Waals surface area contributed by atoms with Gasteiger partial charge in [0.15, 0.2) is 11.5 Å². The Hall–Kier alpha value is -3.94. The molecule has 3 aromatic rings. The first-order chi connectivity index (χ1) is 13.1. The number of nitrogens with zero attached hydrogens (tertiary/aromatic N) is 2. The van der Waals surface area contributed by atoms with Gasteiger partial charge >= 0.3 is 0 Å². The van der Waals surface area contributed by atoms with Gasteiger partial charge in [0.25, 0.3) is 11.6 Å². The molecule has 0 saturated carbocycles. The van der Waals surface area contributed by atoms with Gasteiger partial charge in [-0.3, -0.25) is 14.9 Å². The van der Waals surface area contributed by atoms with E-state index in [4.69, 9.17) is 9.47 Å². The predicted molar refractivity (Wildman–Crippen MR) is 98.4 cm³/mol. The quantitative estimate of drug-likeness (QED) is 0.522. The van der Waals surface area contributed by atoms with Crippen LogP contribution in [0.3, 0.4) is 0 Å². The molecule has 8 heteroatoms. The number of benzene rings is 2. The molecule has 1 N–H and O–H groups in total. The number of nitrogens with one attached hydrogen (secondary N) is 1. The number of aromatic nitrogens is 1. The Kier molecular flexibility index (Phi) is 5.27. The Morgan fingerprint density at radius 3 is 2.52 bits per heavy atom. The summed E-state index contributed by atoms with van der Waals surface area (Å²) in [4.78, 5) is 26.6. The van der Waals surface area contributed by atoms with Crippen molar-refractivity contribution in [2.24, 2.45) is 0 Å². The minimum absolute atomic E-state index is 0.152. The van der Waals surface area contributed by atoms with Gasteiger partial charge in [-0.2, -0.15) is 0 Å². The molecule has 27 heavy (non-hydrogen) atoms. The van der Waals surface area contributed by atoms with E-state index in [1.54, 1.807) is 31.4 Å². The Labute approximate surface area is 154 Å². The number of anilines is 1. The highest BCUT2D eigenvalue weighted by Gasteiger charge is 2.12. The van der Waals surface area contributed by atoms with Crippen LogP contribution in [0.15, 0.2) is 66.9 Å². The molecule has 1 heterocycles. The number of nitro groups is 1. The topological polar surface area (TPSA) is 104 Å². The molecular weight excluding hydrogens is 350 g/mol. The molecule has 0 atom stereocenters. The average molecular weight is 365 g/mol. The van der Waals surface area contributed by atoms with Crippen molar-refractivity contribution in [2.75, 3.05) is 12.4 Å². The predicted octanol–water partition coefficient (Wildman–Crippen LogP) is 4.04. The number of non-ortho nitro benzene ring substituents is 1. The fraction of sp³-hybridized carbons (Fsp3) is 0.0526. The van der Waals surface area contributed by atoms with Crippen LogP contribution < -0.4 is 14.8 Å². The molecule has 0 radical (unpaired) electrons. The average Bonchev–Trinajstić information content (AvgIpc) is 2.70. The minimum atomic E-state index is -0.553. The highest BCUT2D eigenvalue weighted by molar-refractivity contribution is 6.04. The van der Waals surface area contributed by atoms with E-state index in [0.717, 1.165) is 0 Å². The van der Waals surface area contributed by atoms with E-state index < -0.39 is 10.8 Å². The van der Waals surface area contributed by atoms with Crippen molar-refractivity contribution in [2.45, 2.75) is 0 Å². The summed E-state index contributed by atoms with van der Waals surface area (Å²) in [6.45, 7) is 0. The zero-order valence-corrected chi connectivity index (χ0v) is 14.3. The molecule has 3 rings (SSSR count). The van der Waals surface area contributed by atoms with Crippen LogP contribution in [0, 0.1) is 10.1 Å². The number of methoxy groups -OCH3 is 1.